The molecule has 0 aliphatic carbocycles. The van der Waals surface area contributed by atoms with Gasteiger partial charge in [-0.3, -0.25) is 0 Å². The van der Waals surface area contributed by atoms with Gasteiger partial charge in [0.1, 0.15) is 0 Å². The molecule has 0 aromatic carbocycles. The Morgan fingerprint density at radius 2 is 2.45 bits per heavy atom. The molecule has 3 nitrogen and oxygen atoms in total. The quantitative estimate of drug-likeness (QED) is 0.565. The number of carbonyl (C=O) groups is 1. The van der Waals surface area contributed by atoms with Gasteiger partial charge in [0.05, 0.1) is 6.61 Å². The van der Waals surface area contributed by atoms with Crippen LogP contribution < -0.4 is 0 Å². The first-order valence-electron chi connectivity index (χ1n) is 4.00. The highest BCUT2D eigenvalue weighted by Gasteiger charge is 2.38. The summed E-state index contributed by atoms with van der Waals surface area (Å²) in [5.74, 6) is -0.225. The van der Waals surface area contributed by atoms with Gasteiger partial charge in [0.15, 0.2) is 5.60 Å². The van der Waals surface area contributed by atoms with Gasteiger partial charge in [0.2, 0.25) is 0 Å². The maximum Gasteiger partial charge on any atom is 0.338 e. The minimum absolute atomic E-state index is 0.225. The van der Waals surface area contributed by atoms with E-state index in [0.717, 1.165) is 12.8 Å². The summed E-state index contributed by atoms with van der Waals surface area (Å²) >= 11 is 0. The molecule has 0 aromatic heterocycles. The summed E-state index contributed by atoms with van der Waals surface area (Å²) in [6, 6.07) is 0. The van der Waals surface area contributed by atoms with Crippen LogP contribution in [0, 0.1) is 0 Å². The molecule has 1 aliphatic heterocycles. The molecule has 1 unspecified atom stereocenters. The second kappa shape index (κ2) is 3.22. The highest BCUT2D eigenvalue weighted by atomic mass is 16.6. The molecule has 1 atom stereocenters. The highest BCUT2D eigenvalue weighted by molar-refractivity contribution is 5.79. The van der Waals surface area contributed by atoms with Crippen molar-refractivity contribution in [3.8, 4) is 0 Å². The smallest absolute Gasteiger partial charge is 0.338 e. The third kappa shape index (κ3) is 1.71. The molecule has 3 heteroatoms. The number of ether oxygens (including phenoxy) is 2. The lowest BCUT2D eigenvalue weighted by Gasteiger charge is -2.19. The minimum atomic E-state index is -0.657. The van der Waals surface area contributed by atoms with E-state index in [9.17, 15) is 4.79 Å². The van der Waals surface area contributed by atoms with Gasteiger partial charge in [0.25, 0.3) is 0 Å². The fraction of sp³-hybridized carbons (Fsp3) is 0.875. The van der Waals surface area contributed by atoms with E-state index < -0.39 is 5.60 Å². The zero-order valence-electron chi connectivity index (χ0n) is 7.05. The Labute approximate surface area is 66.7 Å². The van der Waals surface area contributed by atoms with Gasteiger partial charge < -0.3 is 9.47 Å². The zero-order chi connectivity index (χ0) is 8.32. The van der Waals surface area contributed by atoms with E-state index in [0.29, 0.717) is 13.2 Å². The first-order chi connectivity index (χ1) is 5.19. The van der Waals surface area contributed by atoms with Gasteiger partial charge >= 0.3 is 5.97 Å². The van der Waals surface area contributed by atoms with Crippen molar-refractivity contribution in [1.82, 2.24) is 0 Å². The average Bonchev–Trinajstić information content (AvgIpc) is 2.38. The maximum atomic E-state index is 11.2. The van der Waals surface area contributed by atoms with Crippen LogP contribution in [0.5, 0.6) is 0 Å². The van der Waals surface area contributed by atoms with Crippen molar-refractivity contribution < 1.29 is 14.3 Å². The number of hydrogen-bond acceptors (Lipinski definition) is 3. The molecule has 0 amide bonds. The average molecular weight is 158 g/mol. The van der Waals surface area contributed by atoms with Crippen molar-refractivity contribution in [3.63, 3.8) is 0 Å². The van der Waals surface area contributed by atoms with Gasteiger partial charge in [-0.25, -0.2) is 4.79 Å². The van der Waals surface area contributed by atoms with Gasteiger partial charge in [0, 0.05) is 6.61 Å². The summed E-state index contributed by atoms with van der Waals surface area (Å²) in [7, 11) is 0. The summed E-state index contributed by atoms with van der Waals surface area (Å²) in [5.41, 5.74) is -0.657. The van der Waals surface area contributed by atoms with Crippen LogP contribution in [-0.4, -0.2) is 24.8 Å². The van der Waals surface area contributed by atoms with Crippen molar-refractivity contribution in [2.75, 3.05) is 13.2 Å². The van der Waals surface area contributed by atoms with E-state index in [-0.39, 0.29) is 5.97 Å². The van der Waals surface area contributed by atoms with Crippen LogP contribution in [0.1, 0.15) is 26.7 Å². The van der Waals surface area contributed by atoms with E-state index in [1.165, 1.54) is 0 Å². The number of rotatable bonds is 2. The maximum absolute atomic E-state index is 11.2. The second-order valence-corrected chi connectivity index (χ2v) is 2.90. The third-order valence-electron chi connectivity index (χ3n) is 1.93. The van der Waals surface area contributed by atoms with E-state index in [1.54, 1.807) is 13.8 Å². The normalized spacial score (nSPS) is 30.4. The van der Waals surface area contributed by atoms with Gasteiger partial charge in [-0.1, -0.05) is 0 Å². The van der Waals surface area contributed by atoms with E-state index in [2.05, 4.69) is 0 Å². The Hall–Kier alpha value is -0.570. The first kappa shape index (κ1) is 8.53. The van der Waals surface area contributed by atoms with Crippen molar-refractivity contribution in [2.45, 2.75) is 32.3 Å². The van der Waals surface area contributed by atoms with E-state index in [1.807, 2.05) is 0 Å². The standard InChI is InChI=1S/C8H14O3/c1-3-10-7(9)8(2)5-4-6-11-8/h3-6H2,1-2H3. The minimum Gasteiger partial charge on any atom is -0.464 e. The predicted molar refractivity (Wildman–Crippen MR) is 40.2 cm³/mol. The topological polar surface area (TPSA) is 35.5 Å². The van der Waals surface area contributed by atoms with Gasteiger partial charge in [-0.05, 0) is 26.7 Å². The van der Waals surface area contributed by atoms with Crippen molar-refractivity contribution in [1.29, 1.82) is 0 Å². The molecular formula is C8H14O3. The summed E-state index contributed by atoms with van der Waals surface area (Å²) < 4.78 is 10.1. The molecule has 0 aromatic rings. The molecule has 1 saturated heterocycles. The lowest BCUT2D eigenvalue weighted by Crippen LogP contribution is -2.35. The molecule has 64 valence electrons. The highest BCUT2D eigenvalue weighted by Crippen LogP contribution is 2.26. The zero-order valence-corrected chi connectivity index (χ0v) is 7.05. The fourth-order valence-corrected chi connectivity index (χ4v) is 1.22. The molecule has 1 fully saturated rings. The van der Waals surface area contributed by atoms with E-state index >= 15 is 0 Å². The molecule has 1 heterocycles. The molecule has 1 aliphatic rings. The Morgan fingerprint density at radius 1 is 1.73 bits per heavy atom. The largest absolute Gasteiger partial charge is 0.464 e. The molecular weight excluding hydrogens is 144 g/mol. The Kier molecular flexibility index (Phi) is 2.49. The molecule has 0 spiro atoms. The monoisotopic (exact) mass is 158 g/mol. The molecule has 1 rings (SSSR count). The molecule has 11 heavy (non-hydrogen) atoms. The third-order valence-corrected chi connectivity index (χ3v) is 1.93. The van der Waals surface area contributed by atoms with Crippen LogP contribution in [0.2, 0.25) is 0 Å². The Balaban J connectivity index is 2.49. The van der Waals surface area contributed by atoms with Gasteiger partial charge in [-0.15, -0.1) is 0 Å². The van der Waals surface area contributed by atoms with Crippen molar-refractivity contribution >= 4 is 5.97 Å². The van der Waals surface area contributed by atoms with Crippen LogP contribution in [0.3, 0.4) is 0 Å². The van der Waals surface area contributed by atoms with Crippen LogP contribution in [0.25, 0.3) is 0 Å². The molecule has 0 saturated carbocycles. The van der Waals surface area contributed by atoms with Gasteiger partial charge in [-0.2, -0.15) is 0 Å². The van der Waals surface area contributed by atoms with Crippen molar-refractivity contribution in [3.05, 3.63) is 0 Å². The Bertz CT molecular complexity index is 147. The molecule has 0 radical (unpaired) electrons. The number of esters is 1. The summed E-state index contributed by atoms with van der Waals surface area (Å²) in [5, 5.41) is 0. The van der Waals surface area contributed by atoms with Crippen molar-refractivity contribution in [2.24, 2.45) is 0 Å². The van der Waals surface area contributed by atoms with Crippen LogP contribution in [0.4, 0.5) is 0 Å². The Morgan fingerprint density at radius 3 is 2.91 bits per heavy atom. The van der Waals surface area contributed by atoms with Crippen LogP contribution >= 0.6 is 0 Å². The first-order valence-corrected chi connectivity index (χ1v) is 4.00. The fourth-order valence-electron chi connectivity index (χ4n) is 1.22. The lowest BCUT2D eigenvalue weighted by atomic mass is 10.0. The predicted octanol–water partition coefficient (Wildman–Crippen LogP) is 1.12. The lowest BCUT2D eigenvalue weighted by molar-refractivity contribution is -0.164. The summed E-state index contributed by atoms with van der Waals surface area (Å²) in [6.07, 6.45) is 1.74. The van der Waals surface area contributed by atoms with Crippen LogP contribution in [0.15, 0.2) is 0 Å². The van der Waals surface area contributed by atoms with Crippen LogP contribution in [-0.2, 0) is 14.3 Å². The van der Waals surface area contributed by atoms with E-state index in [4.69, 9.17) is 9.47 Å². The number of hydrogen-bond donors (Lipinski definition) is 0. The molecule has 0 N–H and O–H groups in total. The summed E-state index contributed by atoms with van der Waals surface area (Å²) in [6.45, 7) is 4.70. The summed E-state index contributed by atoms with van der Waals surface area (Å²) in [4.78, 5) is 11.2. The SMILES string of the molecule is CCOC(=O)C1(C)CCCO1. The molecule has 0 bridgehead atoms. The number of carbonyl (C=O) groups excluding carboxylic acids is 1. The second-order valence-electron chi connectivity index (χ2n) is 2.90.